The molecule has 10 heteroatoms. The van der Waals surface area contributed by atoms with E-state index in [0.29, 0.717) is 33.1 Å². The topological polar surface area (TPSA) is 96.9 Å². The Bertz CT molecular complexity index is 1160. The predicted octanol–water partition coefficient (Wildman–Crippen LogP) is 2.55. The van der Waals surface area contributed by atoms with E-state index in [1.165, 1.54) is 18.4 Å². The second-order valence-corrected chi connectivity index (χ2v) is 7.30. The van der Waals surface area contributed by atoms with Gasteiger partial charge in [0.15, 0.2) is 10.5 Å². The number of fused-ring (bicyclic) bond motifs is 1. The molecule has 0 spiro atoms. The summed E-state index contributed by atoms with van der Waals surface area (Å²) in [5, 5.41) is 4.29. The maximum atomic E-state index is 12.8. The summed E-state index contributed by atoms with van der Waals surface area (Å²) in [6.07, 6.45) is 0. The number of hydrogen-bond acceptors (Lipinski definition) is 7. The van der Waals surface area contributed by atoms with Crippen LogP contribution in [-0.2, 0) is 22.6 Å². The molecular formula is C20H24N4O5S. The lowest BCUT2D eigenvalue weighted by atomic mass is 10.3. The van der Waals surface area contributed by atoms with Crippen molar-refractivity contribution in [2.45, 2.75) is 33.9 Å². The molecule has 0 atom stereocenters. The summed E-state index contributed by atoms with van der Waals surface area (Å²) in [5.74, 6) is 0.189. The number of nitrogens with zero attached hydrogens (tertiary/aromatic N) is 4. The number of rotatable bonds is 7. The second kappa shape index (κ2) is 9.12. The van der Waals surface area contributed by atoms with Crippen LogP contribution in [0.4, 0.5) is 0 Å². The Morgan fingerprint density at radius 1 is 1.17 bits per heavy atom. The van der Waals surface area contributed by atoms with Gasteiger partial charge in [0.05, 0.1) is 20.8 Å². The molecule has 160 valence electrons. The lowest BCUT2D eigenvalue weighted by Gasteiger charge is -2.09. The Hall–Kier alpha value is -3.14. The molecule has 3 rings (SSSR count). The SMILES string of the molecule is CCOC(=O)Cn1c(=NC(=O)c2cc(C)n(CC)n2)sc2c(OC)ccc(OC)c21. The quantitative estimate of drug-likeness (QED) is 0.532. The standard InChI is InChI=1S/C20H24N4O5S/c1-6-24-12(3)10-13(22-24)19(26)21-20-23(11-16(25)29-7-2)17-14(27-4)8-9-15(28-5)18(17)30-20/h8-10H,6-7,11H2,1-5H3. The number of carbonyl (C=O) groups excluding carboxylic acids is 2. The van der Waals surface area contributed by atoms with Gasteiger partial charge in [0.2, 0.25) is 0 Å². The van der Waals surface area contributed by atoms with Crippen LogP contribution >= 0.6 is 11.3 Å². The fourth-order valence-corrected chi connectivity index (χ4v) is 4.24. The summed E-state index contributed by atoms with van der Waals surface area (Å²) in [7, 11) is 3.09. The number of hydrogen-bond donors (Lipinski definition) is 0. The van der Waals surface area contributed by atoms with Crippen molar-refractivity contribution in [3.8, 4) is 11.5 Å². The summed E-state index contributed by atoms with van der Waals surface area (Å²) in [6, 6.07) is 5.21. The van der Waals surface area contributed by atoms with Gasteiger partial charge in [-0.1, -0.05) is 11.3 Å². The van der Waals surface area contributed by atoms with Crippen molar-refractivity contribution in [1.82, 2.24) is 14.3 Å². The lowest BCUT2D eigenvalue weighted by molar-refractivity contribution is -0.143. The smallest absolute Gasteiger partial charge is 0.326 e. The first-order valence-corrected chi connectivity index (χ1v) is 10.3. The van der Waals surface area contributed by atoms with Crippen molar-refractivity contribution in [1.29, 1.82) is 0 Å². The van der Waals surface area contributed by atoms with Crippen molar-refractivity contribution in [3.05, 3.63) is 34.4 Å². The Balaban J connectivity index is 2.22. The highest BCUT2D eigenvalue weighted by Gasteiger charge is 2.20. The summed E-state index contributed by atoms with van der Waals surface area (Å²) in [4.78, 5) is 29.7. The van der Waals surface area contributed by atoms with E-state index >= 15 is 0 Å². The Morgan fingerprint density at radius 3 is 2.47 bits per heavy atom. The van der Waals surface area contributed by atoms with Gasteiger partial charge in [0.1, 0.15) is 28.3 Å². The number of esters is 1. The Labute approximate surface area is 177 Å². The van der Waals surface area contributed by atoms with E-state index < -0.39 is 11.9 Å². The highest BCUT2D eigenvalue weighted by molar-refractivity contribution is 7.16. The van der Waals surface area contributed by atoms with Crippen molar-refractivity contribution in [2.75, 3.05) is 20.8 Å². The van der Waals surface area contributed by atoms with Crippen LogP contribution in [0.5, 0.6) is 11.5 Å². The van der Waals surface area contributed by atoms with Crippen LogP contribution in [0.15, 0.2) is 23.2 Å². The molecule has 0 aliphatic heterocycles. The van der Waals surface area contributed by atoms with Crippen molar-refractivity contribution >= 4 is 33.4 Å². The molecule has 30 heavy (non-hydrogen) atoms. The lowest BCUT2D eigenvalue weighted by Crippen LogP contribution is -2.23. The Morgan fingerprint density at radius 2 is 1.87 bits per heavy atom. The number of methoxy groups -OCH3 is 2. The Kier molecular flexibility index (Phi) is 6.56. The molecule has 1 amide bonds. The van der Waals surface area contributed by atoms with Crippen LogP contribution in [0.25, 0.3) is 10.2 Å². The van der Waals surface area contributed by atoms with Gasteiger partial charge in [-0.2, -0.15) is 10.1 Å². The largest absolute Gasteiger partial charge is 0.495 e. The minimum Gasteiger partial charge on any atom is -0.495 e. The first-order valence-electron chi connectivity index (χ1n) is 9.46. The van der Waals surface area contributed by atoms with Crippen LogP contribution < -0.4 is 14.3 Å². The number of aryl methyl sites for hydroxylation is 2. The predicted molar refractivity (Wildman–Crippen MR) is 112 cm³/mol. The number of thiazole rings is 1. The number of amides is 1. The third-order valence-corrected chi connectivity index (χ3v) is 5.57. The third kappa shape index (κ3) is 4.09. The molecule has 0 N–H and O–H groups in total. The fourth-order valence-electron chi connectivity index (χ4n) is 3.10. The van der Waals surface area contributed by atoms with E-state index in [1.54, 1.807) is 41.5 Å². The van der Waals surface area contributed by atoms with Gasteiger partial charge in [-0.3, -0.25) is 14.3 Å². The second-order valence-electron chi connectivity index (χ2n) is 6.33. The zero-order valence-corrected chi connectivity index (χ0v) is 18.4. The molecule has 2 heterocycles. The fraction of sp³-hybridized carbons (Fsp3) is 0.400. The van der Waals surface area contributed by atoms with Gasteiger partial charge >= 0.3 is 5.97 Å². The summed E-state index contributed by atoms with van der Waals surface area (Å²) in [6.45, 7) is 6.35. The van der Waals surface area contributed by atoms with Gasteiger partial charge < -0.3 is 18.8 Å². The summed E-state index contributed by atoms with van der Waals surface area (Å²) < 4.78 is 20.1. The molecule has 0 aliphatic carbocycles. The molecule has 3 aromatic rings. The van der Waals surface area contributed by atoms with Crippen LogP contribution in [0.2, 0.25) is 0 Å². The highest BCUT2D eigenvalue weighted by atomic mass is 32.1. The normalized spacial score (nSPS) is 11.7. The molecule has 0 saturated heterocycles. The molecule has 0 unspecified atom stereocenters. The van der Waals surface area contributed by atoms with Crippen molar-refractivity contribution < 1.29 is 23.8 Å². The number of aromatic nitrogens is 3. The van der Waals surface area contributed by atoms with Crippen LogP contribution in [-0.4, -0.2) is 47.1 Å². The molecule has 0 bridgehead atoms. The van der Waals surface area contributed by atoms with E-state index in [0.717, 1.165) is 5.69 Å². The van der Waals surface area contributed by atoms with E-state index in [9.17, 15) is 9.59 Å². The molecule has 2 aromatic heterocycles. The van der Waals surface area contributed by atoms with E-state index in [1.807, 2.05) is 13.8 Å². The monoisotopic (exact) mass is 432 g/mol. The van der Waals surface area contributed by atoms with Gasteiger partial charge in [0.25, 0.3) is 5.91 Å². The molecule has 9 nitrogen and oxygen atoms in total. The van der Waals surface area contributed by atoms with Gasteiger partial charge in [-0.25, -0.2) is 0 Å². The zero-order valence-electron chi connectivity index (χ0n) is 17.6. The maximum absolute atomic E-state index is 12.8. The number of carbonyl (C=O) groups is 2. The molecule has 0 radical (unpaired) electrons. The first kappa shape index (κ1) is 21.6. The maximum Gasteiger partial charge on any atom is 0.326 e. The molecule has 0 fully saturated rings. The average Bonchev–Trinajstić information content (AvgIpc) is 3.28. The van der Waals surface area contributed by atoms with Crippen LogP contribution in [0.3, 0.4) is 0 Å². The van der Waals surface area contributed by atoms with Crippen LogP contribution in [0, 0.1) is 6.92 Å². The van der Waals surface area contributed by atoms with Crippen molar-refractivity contribution in [2.24, 2.45) is 4.99 Å². The molecule has 0 aliphatic rings. The molecule has 0 saturated carbocycles. The van der Waals surface area contributed by atoms with E-state index in [4.69, 9.17) is 14.2 Å². The average molecular weight is 433 g/mol. The van der Waals surface area contributed by atoms with Gasteiger partial charge in [-0.05, 0) is 39.0 Å². The number of ether oxygens (including phenoxy) is 3. The highest BCUT2D eigenvalue weighted by Crippen LogP contribution is 2.35. The summed E-state index contributed by atoms with van der Waals surface area (Å²) >= 11 is 1.23. The summed E-state index contributed by atoms with van der Waals surface area (Å²) in [5.41, 5.74) is 1.72. The first-order chi connectivity index (χ1) is 14.4. The van der Waals surface area contributed by atoms with E-state index in [2.05, 4.69) is 10.1 Å². The molecule has 1 aromatic carbocycles. The minimum atomic E-state index is -0.493. The number of benzene rings is 1. The minimum absolute atomic E-state index is 0.119. The molecular weight excluding hydrogens is 408 g/mol. The zero-order chi connectivity index (χ0) is 21.8. The van der Waals surface area contributed by atoms with Crippen molar-refractivity contribution in [3.63, 3.8) is 0 Å². The van der Waals surface area contributed by atoms with Gasteiger partial charge in [-0.15, -0.1) is 0 Å². The van der Waals surface area contributed by atoms with E-state index in [-0.39, 0.29) is 18.8 Å². The van der Waals surface area contributed by atoms with Gasteiger partial charge in [0, 0.05) is 12.2 Å². The third-order valence-electron chi connectivity index (χ3n) is 4.48. The van der Waals surface area contributed by atoms with Crippen LogP contribution in [0.1, 0.15) is 30.0 Å².